The number of aromatic carboxylic acids is 1. The van der Waals surface area contributed by atoms with Crippen LogP contribution in [0.5, 0.6) is 0 Å². The Kier molecular flexibility index (Phi) is 6.36. The van der Waals surface area contributed by atoms with Crippen LogP contribution in [0.25, 0.3) is 21.3 Å². The van der Waals surface area contributed by atoms with E-state index >= 15 is 0 Å². The second-order valence-corrected chi connectivity index (χ2v) is 8.69. The van der Waals surface area contributed by atoms with Crippen LogP contribution in [-0.2, 0) is 23.9 Å². The van der Waals surface area contributed by atoms with E-state index in [2.05, 4.69) is 4.98 Å². The number of aromatic nitrogens is 1. The number of hydrazine groups is 1. The normalized spacial score (nSPS) is 11.5. The van der Waals surface area contributed by atoms with Crippen molar-refractivity contribution in [1.82, 2.24) is 9.99 Å². The minimum absolute atomic E-state index is 0.0323. The van der Waals surface area contributed by atoms with E-state index in [-0.39, 0.29) is 18.5 Å². The van der Waals surface area contributed by atoms with Crippen LogP contribution in [0.3, 0.4) is 0 Å². The van der Waals surface area contributed by atoms with E-state index in [1.165, 1.54) is 29.5 Å². The van der Waals surface area contributed by atoms with Gasteiger partial charge in [0.1, 0.15) is 5.01 Å². The lowest BCUT2D eigenvalue weighted by Gasteiger charge is -2.16. The Morgan fingerprint density at radius 2 is 1.74 bits per heavy atom. The minimum atomic E-state index is -4.43. The van der Waals surface area contributed by atoms with Crippen molar-refractivity contribution in [3.05, 3.63) is 88.4 Å². The summed E-state index contributed by atoms with van der Waals surface area (Å²) in [6, 6.07) is 16.4. The molecule has 0 bridgehead atoms. The van der Waals surface area contributed by atoms with Gasteiger partial charge in [0.2, 0.25) is 5.91 Å². The number of hydrogen-bond acceptors (Lipinski definition) is 5. The van der Waals surface area contributed by atoms with Gasteiger partial charge in [-0.3, -0.25) is 9.80 Å². The molecule has 0 saturated heterocycles. The Bertz CT molecular complexity index is 1380. The highest BCUT2D eigenvalue weighted by molar-refractivity contribution is 7.18. The van der Waals surface area contributed by atoms with Gasteiger partial charge in [0.15, 0.2) is 0 Å². The van der Waals surface area contributed by atoms with Gasteiger partial charge in [-0.25, -0.2) is 15.6 Å². The van der Waals surface area contributed by atoms with Crippen LogP contribution in [0.15, 0.2) is 66.7 Å². The number of nitrogens with two attached hydrogens (primary N) is 1. The van der Waals surface area contributed by atoms with Crippen LogP contribution in [0.2, 0.25) is 0 Å². The molecule has 0 spiro atoms. The van der Waals surface area contributed by atoms with Gasteiger partial charge in [0.05, 0.1) is 34.3 Å². The molecular formula is C24H18F3N3O3S. The van der Waals surface area contributed by atoms with E-state index < -0.39 is 23.6 Å². The first kappa shape index (κ1) is 23.4. The van der Waals surface area contributed by atoms with E-state index in [9.17, 15) is 22.8 Å². The lowest BCUT2D eigenvalue weighted by molar-refractivity contribution is -0.137. The second kappa shape index (κ2) is 9.24. The summed E-state index contributed by atoms with van der Waals surface area (Å²) in [5.41, 5.74) is 1.51. The zero-order valence-electron chi connectivity index (χ0n) is 17.5. The van der Waals surface area contributed by atoms with Crippen molar-refractivity contribution in [1.29, 1.82) is 0 Å². The predicted octanol–water partition coefficient (Wildman–Crippen LogP) is 5.13. The van der Waals surface area contributed by atoms with Crippen molar-refractivity contribution >= 4 is 33.4 Å². The Hall–Kier alpha value is -3.76. The maximum atomic E-state index is 13.0. The number of hydrogen-bond donors (Lipinski definition) is 2. The zero-order chi connectivity index (χ0) is 24.5. The van der Waals surface area contributed by atoms with Crippen molar-refractivity contribution < 1.29 is 27.9 Å². The van der Waals surface area contributed by atoms with Crippen LogP contribution in [0.4, 0.5) is 13.2 Å². The molecule has 1 amide bonds. The molecule has 0 unspecified atom stereocenters. The highest BCUT2D eigenvalue weighted by atomic mass is 32.1. The van der Waals surface area contributed by atoms with Crippen LogP contribution in [0.1, 0.15) is 26.5 Å². The second-order valence-electron chi connectivity index (χ2n) is 7.57. The van der Waals surface area contributed by atoms with Gasteiger partial charge in [-0.05, 0) is 53.1 Å². The summed E-state index contributed by atoms with van der Waals surface area (Å²) < 4.78 is 39.9. The number of nitrogens with zero attached hydrogens (tertiary/aromatic N) is 2. The molecule has 4 aromatic rings. The predicted molar refractivity (Wildman–Crippen MR) is 122 cm³/mol. The molecule has 0 aliphatic carbocycles. The average molecular weight is 485 g/mol. The molecule has 0 fully saturated rings. The number of amides is 1. The summed E-state index contributed by atoms with van der Waals surface area (Å²) in [5.74, 6) is 4.41. The Morgan fingerprint density at radius 1 is 1.00 bits per heavy atom. The monoisotopic (exact) mass is 485 g/mol. The topological polar surface area (TPSA) is 96.5 Å². The molecule has 0 saturated carbocycles. The van der Waals surface area contributed by atoms with Gasteiger partial charge in [0, 0.05) is 0 Å². The number of carboxylic acids is 1. The smallest absolute Gasteiger partial charge is 0.416 e. The highest BCUT2D eigenvalue weighted by Crippen LogP contribution is 2.33. The van der Waals surface area contributed by atoms with Gasteiger partial charge in [-0.2, -0.15) is 13.2 Å². The van der Waals surface area contributed by atoms with E-state index in [0.29, 0.717) is 27.2 Å². The van der Waals surface area contributed by atoms with Crippen molar-refractivity contribution in [2.24, 2.45) is 5.84 Å². The molecule has 3 N–H and O–H groups in total. The molecule has 174 valence electrons. The molecule has 3 aromatic carbocycles. The van der Waals surface area contributed by atoms with Gasteiger partial charge < -0.3 is 5.11 Å². The van der Waals surface area contributed by atoms with Crippen LogP contribution < -0.4 is 5.84 Å². The summed E-state index contributed by atoms with van der Waals surface area (Å²) >= 11 is 1.30. The molecule has 4 rings (SSSR count). The quantitative estimate of drug-likeness (QED) is 0.224. The van der Waals surface area contributed by atoms with Crippen molar-refractivity contribution in [2.45, 2.75) is 19.1 Å². The third kappa shape index (κ3) is 5.24. The number of halogens is 3. The number of rotatable bonds is 6. The lowest BCUT2D eigenvalue weighted by atomic mass is 10.0. The zero-order valence-corrected chi connectivity index (χ0v) is 18.4. The molecule has 6 nitrogen and oxygen atoms in total. The first-order valence-electron chi connectivity index (χ1n) is 10.0. The van der Waals surface area contributed by atoms with Crippen LogP contribution >= 0.6 is 11.3 Å². The maximum absolute atomic E-state index is 13.0. The molecule has 0 aliphatic heterocycles. The Labute approximate surface area is 196 Å². The fraction of sp³-hybridized carbons (Fsp3) is 0.125. The summed E-state index contributed by atoms with van der Waals surface area (Å²) in [6.45, 7) is 0.0323. The van der Waals surface area contributed by atoms with E-state index in [0.717, 1.165) is 21.8 Å². The number of carbonyl (C=O) groups excluding carboxylic acids is 1. The summed E-state index contributed by atoms with van der Waals surface area (Å²) in [5, 5.41) is 10.6. The molecule has 1 heterocycles. The first-order chi connectivity index (χ1) is 16.1. The van der Waals surface area contributed by atoms with Gasteiger partial charge >= 0.3 is 12.1 Å². The Morgan fingerprint density at radius 3 is 2.47 bits per heavy atom. The average Bonchev–Trinajstić information content (AvgIpc) is 3.20. The number of carboxylic acid groups (broad SMARTS) is 1. The van der Waals surface area contributed by atoms with E-state index in [4.69, 9.17) is 10.9 Å². The maximum Gasteiger partial charge on any atom is 0.416 e. The summed E-state index contributed by atoms with van der Waals surface area (Å²) in [7, 11) is 0. The van der Waals surface area contributed by atoms with E-state index in [1.807, 2.05) is 0 Å². The van der Waals surface area contributed by atoms with E-state index in [1.54, 1.807) is 36.4 Å². The largest absolute Gasteiger partial charge is 0.478 e. The number of alkyl halides is 3. The minimum Gasteiger partial charge on any atom is -0.478 e. The molecule has 0 aliphatic rings. The number of fused-ring (bicyclic) bond motifs is 1. The number of carbonyl (C=O) groups is 2. The Balaban J connectivity index is 1.49. The molecule has 0 atom stereocenters. The first-order valence-corrected chi connectivity index (χ1v) is 10.9. The summed E-state index contributed by atoms with van der Waals surface area (Å²) in [6.07, 6.45) is -4.50. The van der Waals surface area contributed by atoms with Gasteiger partial charge in [-0.15, -0.1) is 11.3 Å². The molecule has 1 aromatic heterocycles. The third-order valence-electron chi connectivity index (χ3n) is 5.10. The summed E-state index contributed by atoms with van der Waals surface area (Å²) in [4.78, 5) is 28.1. The number of benzene rings is 3. The fourth-order valence-electron chi connectivity index (χ4n) is 3.42. The standard InChI is InChI=1S/C24H18F3N3O3S/c25-24(26,27)18-6-2-4-15(10-18)16-7-8-20-19(11-16)29-21(34-20)12-22(31)30(28)13-14-3-1-5-17(9-14)23(32)33/h1-11H,12-13,28H2,(H,32,33). The van der Waals surface area contributed by atoms with Crippen molar-refractivity contribution in [3.63, 3.8) is 0 Å². The molecule has 34 heavy (non-hydrogen) atoms. The highest BCUT2D eigenvalue weighted by Gasteiger charge is 2.30. The van der Waals surface area contributed by atoms with Crippen molar-refractivity contribution in [3.8, 4) is 11.1 Å². The van der Waals surface area contributed by atoms with Gasteiger partial charge in [-0.1, -0.05) is 30.3 Å². The molecule has 0 radical (unpaired) electrons. The van der Waals surface area contributed by atoms with Gasteiger partial charge in [0.25, 0.3) is 0 Å². The number of thiazole rings is 1. The van der Waals surface area contributed by atoms with Crippen LogP contribution in [-0.4, -0.2) is 27.0 Å². The molecular weight excluding hydrogens is 467 g/mol. The fourth-order valence-corrected chi connectivity index (χ4v) is 4.36. The third-order valence-corrected chi connectivity index (χ3v) is 6.14. The SMILES string of the molecule is NN(Cc1cccc(C(=O)O)c1)C(=O)Cc1nc2cc(-c3cccc(C(F)(F)F)c3)ccc2s1. The van der Waals surface area contributed by atoms with Crippen LogP contribution in [0, 0.1) is 0 Å². The van der Waals surface area contributed by atoms with Crippen molar-refractivity contribution in [2.75, 3.05) is 0 Å². The molecule has 10 heteroatoms. The lowest BCUT2D eigenvalue weighted by Crippen LogP contribution is -2.37.